The van der Waals surface area contributed by atoms with E-state index in [0.717, 1.165) is 57.1 Å². The van der Waals surface area contributed by atoms with Crippen LogP contribution in [0.1, 0.15) is 36.2 Å². The number of aldehydes is 1. The molecule has 2 aliphatic rings. The zero-order valence-electron chi connectivity index (χ0n) is 17.4. The Labute approximate surface area is 167 Å². The number of benzene rings is 1. The first kappa shape index (κ1) is 18.9. The van der Waals surface area contributed by atoms with Crippen molar-refractivity contribution in [1.29, 1.82) is 0 Å². The lowest BCUT2D eigenvalue weighted by Crippen LogP contribution is -2.51. The highest BCUT2D eigenvalue weighted by molar-refractivity contribution is 6.00. The first-order valence-electron chi connectivity index (χ1n) is 10.1. The highest BCUT2D eigenvalue weighted by atomic mass is 16.1. The van der Waals surface area contributed by atoms with Gasteiger partial charge < -0.3 is 14.3 Å². The van der Waals surface area contributed by atoms with Crippen molar-refractivity contribution in [3.8, 4) is 0 Å². The number of hydrogen-bond donors (Lipinski definition) is 0. The topological polar surface area (TPSA) is 40.8 Å². The largest absolute Gasteiger partial charge is 0.352 e. The third kappa shape index (κ3) is 3.76. The quantitative estimate of drug-likeness (QED) is 0.769. The average Bonchev–Trinajstić information content (AvgIpc) is 2.95. The molecule has 4 rings (SSSR count). The Kier molecular flexibility index (Phi) is 4.88. The van der Waals surface area contributed by atoms with E-state index in [9.17, 15) is 4.79 Å². The number of piperazine rings is 1. The van der Waals surface area contributed by atoms with Gasteiger partial charge in [0, 0.05) is 50.9 Å². The molecule has 0 unspecified atom stereocenters. The van der Waals surface area contributed by atoms with E-state index in [1.807, 2.05) is 13.8 Å². The van der Waals surface area contributed by atoms with Crippen LogP contribution in [0.3, 0.4) is 0 Å². The minimum atomic E-state index is -0.287. The molecule has 0 N–H and O–H groups in total. The van der Waals surface area contributed by atoms with Gasteiger partial charge in [0.1, 0.15) is 6.29 Å². The van der Waals surface area contributed by atoms with E-state index < -0.39 is 0 Å². The number of aliphatic imine (C=N–C) groups is 1. The molecule has 28 heavy (non-hydrogen) atoms. The Hall–Kier alpha value is -2.40. The predicted octanol–water partition coefficient (Wildman–Crippen LogP) is 3.39. The molecule has 2 aromatic rings. The molecule has 148 valence electrons. The van der Waals surface area contributed by atoms with Crippen LogP contribution >= 0.6 is 0 Å². The molecular formula is C23H30N4O. The van der Waals surface area contributed by atoms with Gasteiger partial charge in [0.05, 0.1) is 11.4 Å². The van der Waals surface area contributed by atoms with Gasteiger partial charge in [-0.3, -0.25) is 4.90 Å². The first-order chi connectivity index (χ1) is 13.3. The van der Waals surface area contributed by atoms with E-state index in [1.165, 1.54) is 22.4 Å². The van der Waals surface area contributed by atoms with Gasteiger partial charge in [0.2, 0.25) is 0 Å². The van der Waals surface area contributed by atoms with Crippen molar-refractivity contribution >= 4 is 17.8 Å². The summed E-state index contributed by atoms with van der Waals surface area (Å²) in [7, 11) is 0. The van der Waals surface area contributed by atoms with Crippen molar-refractivity contribution < 1.29 is 4.79 Å². The Bertz CT molecular complexity index is 917. The molecule has 0 aliphatic carbocycles. The molecule has 0 radical (unpaired) electrons. The van der Waals surface area contributed by atoms with Crippen molar-refractivity contribution in [1.82, 2.24) is 14.4 Å². The normalized spacial score (nSPS) is 17.6. The number of aromatic nitrogens is 1. The highest BCUT2D eigenvalue weighted by Crippen LogP contribution is 2.29. The molecule has 1 saturated heterocycles. The minimum absolute atomic E-state index is 0.287. The van der Waals surface area contributed by atoms with Crippen molar-refractivity contribution in [3.05, 3.63) is 52.8 Å². The van der Waals surface area contributed by atoms with Crippen molar-refractivity contribution in [2.75, 3.05) is 32.7 Å². The van der Waals surface area contributed by atoms with Crippen molar-refractivity contribution in [2.24, 2.45) is 10.4 Å². The first-order valence-corrected chi connectivity index (χ1v) is 10.1. The summed E-state index contributed by atoms with van der Waals surface area (Å²) >= 11 is 0. The van der Waals surface area contributed by atoms with E-state index in [4.69, 9.17) is 4.99 Å². The van der Waals surface area contributed by atoms with E-state index in [2.05, 4.69) is 58.7 Å². The summed E-state index contributed by atoms with van der Waals surface area (Å²) in [6, 6.07) is 8.79. The second kappa shape index (κ2) is 7.21. The highest BCUT2D eigenvalue weighted by Gasteiger charge is 2.28. The summed E-state index contributed by atoms with van der Waals surface area (Å²) in [6.07, 6.45) is 3.30. The Balaban J connectivity index is 1.61. The van der Waals surface area contributed by atoms with Gasteiger partial charge in [-0.05, 0) is 37.1 Å². The Morgan fingerprint density at radius 3 is 2.54 bits per heavy atom. The van der Waals surface area contributed by atoms with Gasteiger partial charge in [0.15, 0.2) is 5.84 Å². The van der Waals surface area contributed by atoms with Gasteiger partial charge in [0.25, 0.3) is 0 Å². The summed E-state index contributed by atoms with van der Waals surface area (Å²) in [5, 5.41) is 0. The molecule has 3 heterocycles. The van der Waals surface area contributed by atoms with Crippen molar-refractivity contribution in [2.45, 2.75) is 34.2 Å². The molecule has 0 amide bonds. The fourth-order valence-corrected chi connectivity index (χ4v) is 4.24. The van der Waals surface area contributed by atoms with Gasteiger partial charge in [-0.1, -0.05) is 31.5 Å². The number of aryl methyl sites for hydroxylation is 2. The number of fused-ring (bicyclic) bond motifs is 2. The standard InChI is InChI=1S/C23H30N4O/c1-17-5-6-20-19(11-17)14-27-13-18(2)12-21(27)22(24-20)26-9-7-25(8-10-26)15-23(3,4)16-28/h5-6,11-13,16H,7-10,14-15H2,1-4H3. The zero-order chi connectivity index (χ0) is 19.9. The number of rotatable bonds is 3. The summed E-state index contributed by atoms with van der Waals surface area (Å²) in [6.45, 7) is 13.8. The van der Waals surface area contributed by atoms with E-state index in [1.54, 1.807) is 0 Å². The van der Waals surface area contributed by atoms with E-state index in [0.29, 0.717) is 0 Å². The maximum absolute atomic E-state index is 11.3. The predicted molar refractivity (Wildman–Crippen MR) is 114 cm³/mol. The van der Waals surface area contributed by atoms with Gasteiger partial charge >= 0.3 is 0 Å². The van der Waals surface area contributed by atoms with Crippen molar-refractivity contribution in [3.63, 3.8) is 0 Å². The molecule has 2 aliphatic heterocycles. The smallest absolute Gasteiger partial charge is 0.153 e. The molecule has 1 aromatic carbocycles. The SMILES string of the molecule is Cc1ccc2c(c1)Cn1cc(C)cc1C(N1CCN(CC(C)(C)C=O)CC1)=N2. The molecular weight excluding hydrogens is 348 g/mol. The Morgan fingerprint density at radius 1 is 1.07 bits per heavy atom. The van der Waals surface area contributed by atoms with Crippen LogP contribution in [0, 0.1) is 19.3 Å². The summed E-state index contributed by atoms with van der Waals surface area (Å²) in [5.74, 6) is 1.07. The number of amidine groups is 1. The lowest BCUT2D eigenvalue weighted by Gasteiger charge is -2.38. The maximum atomic E-state index is 11.3. The van der Waals surface area contributed by atoms with E-state index >= 15 is 0 Å². The lowest BCUT2D eigenvalue weighted by atomic mass is 9.95. The van der Waals surface area contributed by atoms with Crippen LogP contribution in [0.4, 0.5) is 5.69 Å². The number of hydrogen-bond acceptors (Lipinski definition) is 4. The second-order valence-corrected chi connectivity index (χ2v) is 8.97. The molecule has 5 nitrogen and oxygen atoms in total. The van der Waals surface area contributed by atoms with E-state index in [-0.39, 0.29) is 5.41 Å². The molecule has 5 heteroatoms. The molecule has 0 atom stereocenters. The van der Waals surface area contributed by atoms with Crippen LogP contribution in [-0.2, 0) is 11.3 Å². The van der Waals surface area contributed by atoms with Crippen LogP contribution in [0.25, 0.3) is 0 Å². The molecule has 0 saturated carbocycles. The monoisotopic (exact) mass is 378 g/mol. The van der Waals surface area contributed by atoms with Gasteiger partial charge in [-0.2, -0.15) is 0 Å². The number of carbonyl (C=O) groups is 1. The zero-order valence-corrected chi connectivity index (χ0v) is 17.4. The fourth-order valence-electron chi connectivity index (χ4n) is 4.24. The number of carbonyl (C=O) groups excluding carboxylic acids is 1. The average molecular weight is 379 g/mol. The maximum Gasteiger partial charge on any atom is 0.153 e. The van der Waals surface area contributed by atoms with Crippen LogP contribution in [0.15, 0.2) is 35.5 Å². The third-order valence-corrected chi connectivity index (χ3v) is 5.69. The molecule has 1 fully saturated rings. The Morgan fingerprint density at radius 2 is 1.82 bits per heavy atom. The molecule has 0 spiro atoms. The molecule has 0 bridgehead atoms. The van der Waals surface area contributed by atoms with Gasteiger partial charge in [-0.15, -0.1) is 0 Å². The van der Waals surface area contributed by atoms with Crippen LogP contribution in [0.5, 0.6) is 0 Å². The second-order valence-electron chi connectivity index (χ2n) is 8.97. The van der Waals surface area contributed by atoms with Crippen LogP contribution < -0.4 is 0 Å². The third-order valence-electron chi connectivity index (χ3n) is 5.69. The minimum Gasteiger partial charge on any atom is -0.352 e. The van der Waals surface area contributed by atoms with Crippen LogP contribution in [-0.4, -0.2) is 59.2 Å². The van der Waals surface area contributed by atoms with Crippen LogP contribution in [0.2, 0.25) is 0 Å². The fraction of sp³-hybridized carbons (Fsp3) is 0.478. The van der Waals surface area contributed by atoms with Gasteiger partial charge in [-0.25, -0.2) is 4.99 Å². The lowest BCUT2D eigenvalue weighted by molar-refractivity contribution is -0.115. The summed E-state index contributed by atoms with van der Waals surface area (Å²) in [5.41, 5.74) is 5.81. The molecule has 1 aromatic heterocycles. The summed E-state index contributed by atoms with van der Waals surface area (Å²) in [4.78, 5) is 21.2. The number of nitrogens with zero attached hydrogens (tertiary/aromatic N) is 4. The summed E-state index contributed by atoms with van der Waals surface area (Å²) < 4.78 is 2.33.